The zero-order chi connectivity index (χ0) is 27.7. The minimum Gasteiger partial charge on any atom is -0.460 e. The monoisotopic (exact) mass is 513 g/mol. The highest BCUT2D eigenvalue weighted by atomic mass is 16.6. The number of nitro benzene ring substituents is 1. The Balaban J connectivity index is 3.39. The molecule has 0 aliphatic carbocycles. The Hall–Kier alpha value is -2.80. The molecule has 0 spiro atoms. The summed E-state index contributed by atoms with van der Waals surface area (Å²) < 4.78 is 10.7. The molecule has 0 aliphatic rings. The van der Waals surface area contributed by atoms with Crippen LogP contribution in [0, 0.1) is 10.1 Å². The maximum absolute atomic E-state index is 12.6. The second-order valence-electron chi connectivity index (χ2n) is 10.3. The predicted molar refractivity (Wildman–Crippen MR) is 131 cm³/mol. The average Bonchev–Trinajstić information content (AvgIpc) is 2.70. The highest BCUT2D eigenvalue weighted by Gasteiger charge is 2.28. The van der Waals surface area contributed by atoms with Crippen molar-refractivity contribution in [2.24, 2.45) is 0 Å². The number of benzene rings is 1. The number of nitro groups is 1. The van der Waals surface area contributed by atoms with E-state index in [4.69, 9.17) is 9.47 Å². The third-order valence-electron chi connectivity index (χ3n) is 4.76. The number of esters is 1. The minimum absolute atomic E-state index is 0.0374. The van der Waals surface area contributed by atoms with Gasteiger partial charge in [-0.05, 0) is 65.2 Å². The van der Waals surface area contributed by atoms with Crippen LogP contribution in [0.2, 0.25) is 0 Å². The molecule has 36 heavy (non-hydrogen) atoms. The molecule has 12 nitrogen and oxygen atoms in total. The number of non-ortho nitro benzene ring substituents is 1. The van der Waals surface area contributed by atoms with Crippen LogP contribution in [0.1, 0.15) is 65.3 Å². The number of carbonyl (C=O) groups is 2. The molecule has 1 amide bonds. The van der Waals surface area contributed by atoms with E-state index in [1.807, 2.05) is 0 Å². The zero-order valence-electron chi connectivity index (χ0n) is 21.8. The molecule has 0 radical (unpaired) electrons. The molecule has 4 N–H and O–H groups in total. The molecular weight excluding hydrogens is 474 g/mol. The number of nitrogens with zero attached hydrogens (tertiary/aromatic N) is 2. The zero-order valence-corrected chi connectivity index (χ0v) is 21.8. The molecule has 1 rings (SSSR count). The van der Waals surface area contributed by atoms with E-state index in [2.05, 4.69) is 5.32 Å². The minimum atomic E-state index is -1.32. The number of aliphatic hydroxyl groups is 3. The van der Waals surface area contributed by atoms with Crippen LogP contribution >= 0.6 is 0 Å². The number of rotatable bonds is 12. The summed E-state index contributed by atoms with van der Waals surface area (Å²) in [5.74, 6) is -0.599. The SMILES string of the molecule is CC(C)(C)OC(=O)C[C@H](Cc1cc([N+](=O)[O-])ccc1[C@H](O)N(CCO)CCO)NC(=O)OC(C)(C)C. The van der Waals surface area contributed by atoms with Crippen molar-refractivity contribution < 1.29 is 39.3 Å². The molecule has 0 unspecified atom stereocenters. The first kappa shape index (κ1) is 31.2. The Morgan fingerprint density at radius 3 is 2.08 bits per heavy atom. The fraction of sp³-hybridized carbons (Fsp3) is 0.667. The molecule has 204 valence electrons. The van der Waals surface area contributed by atoms with Crippen LogP contribution in [-0.2, 0) is 20.7 Å². The van der Waals surface area contributed by atoms with Gasteiger partial charge >= 0.3 is 12.1 Å². The van der Waals surface area contributed by atoms with Crippen molar-refractivity contribution in [3.05, 3.63) is 39.4 Å². The van der Waals surface area contributed by atoms with E-state index in [1.165, 1.54) is 23.1 Å². The number of carbonyl (C=O) groups excluding carboxylic acids is 2. The summed E-state index contributed by atoms with van der Waals surface area (Å²) in [4.78, 5) is 37.3. The number of amides is 1. The Morgan fingerprint density at radius 2 is 1.61 bits per heavy atom. The average molecular weight is 514 g/mol. The summed E-state index contributed by atoms with van der Waals surface area (Å²) in [5, 5.41) is 43.7. The van der Waals surface area contributed by atoms with E-state index in [0.29, 0.717) is 5.56 Å². The van der Waals surface area contributed by atoms with Crippen LogP contribution in [0.25, 0.3) is 0 Å². The van der Waals surface area contributed by atoms with Gasteiger partial charge in [-0.25, -0.2) is 4.79 Å². The third-order valence-corrected chi connectivity index (χ3v) is 4.76. The van der Waals surface area contributed by atoms with Crippen molar-refractivity contribution in [3.63, 3.8) is 0 Å². The molecule has 12 heteroatoms. The summed E-state index contributed by atoms with van der Waals surface area (Å²) in [5.41, 5.74) is -1.26. The predicted octanol–water partition coefficient (Wildman–Crippen LogP) is 2.04. The Kier molecular flexibility index (Phi) is 11.7. The van der Waals surface area contributed by atoms with Crippen molar-refractivity contribution in [1.29, 1.82) is 0 Å². The quantitative estimate of drug-likeness (QED) is 0.140. The van der Waals surface area contributed by atoms with Crippen molar-refractivity contribution >= 4 is 17.7 Å². The maximum atomic E-state index is 12.6. The molecule has 0 aliphatic heterocycles. The van der Waals surface area contributed by atoms with E-state index in [0.717, 1.165) is 0 Å². The van der Waals surface area contributed by atoms with Crippen LogP contribution in [-0.4, -0.2) is 80.8 Å². The van der Waals surface area contributed by atoms with Gasteiger partial charge in [0.2, 0.25) is 0 Å². The molecule has 1 aromatic rings. The van der Waals surface area contributed by atoms with Gasteiger partial charge in [-0.1, -0.05) is 0 Å². The molecule has 0 bridgehead atoms. The fourth-order valence-corrected chi connectivity index (χ4v) is 3.44. The van der Waals surface area contributed by atoms with Crippen LogP contribution in [0.3, 0.4) is 0 Å². The third kappa shape index (κ3) is 11.3. The molecule has 2 atom stereocenters. The standard InChI is InChI=1S/C24H39N3O9/c1-23(2,3)35-20(30)15-17(25-22(32)36-24(4,5)6)13-16-14-18(27(33)34)7-8-19(16)21(31)26(9-11-28)10-12-29/h7-8,14,17,21,28-29,31H,9-13,15H2,1-6H3,(H,25,32)/t17-,21-/m0/s1. The largest absolute Gasteiger partial charge is 0.460 e. The molecule has 0 fully saturated rings. The van der Waals surface area contributed by atoms with Crippen LogP contribution in [0.5, 0.6) is 0 Å². The fourth-order valence-electron chi connectivity index (χ4n) is 3.44. The highest BCUT2D eigenvalue weighted by molar-refractivity contribution is 5.73. The number of alkyl carbamates (subject to hydrolysis) is 1. The smallest absolute Gasteiger partial charge is 0.407 e. The van der Waals surface area contributed by atoms with Gasteiger partial charge in [-0.2, -0.15) is 0 Å². The summed E-state index contributed by atoms with van der Waals surface area (Å²) in [7, 11) is 0. The summed E-state index contributed by atoms with van der Waals surface area (Å²) in [6.07, 6.45) is -2.43. The lowest BCUT2D eigenvalue weighted by Gasteiger charge is -2.29. The number of hydrogen-bond donors (Lipinski definition) is 4. The van der Waals surface area contributed by atoms with Gasteiger partial charge in [-0.15, -0.1) is 0 Å². The Labute approximate surface area is 211 Å². The second-order valence-corrected chi connectivity index (χ2v) is 10.3. The number of hydrogen-bond acceptors (Lipinski definition) is 10. The lowest BCUT2D eigenvalue weighted by Crippen LogP contribution is -2.42. The van der Waals surface area contributed by atoms with Crippen molar-refractivity contribution in [2.45, 2.75) is 77.9 Å². The van der Waals surface area contributed by atoms with Gasteiger partial charge < -0.3 is 30.1 Å². The molecule has 1 aromatic carbocycles. The summed E-state index contributed by atoms with van der Waals surface area (Å²) in [6, 6.07) is 2.97. The van der Waals surface area contributed by atoms with Crippen LogP contribution in [0.4, 0.5) is 10.5 Å². The Bertz CT molecular complexity index is 858. The van der Waals surface area contributed by atoms with Crippen molar-refractivity contribution in [1.82, 2.24) is 10.2 Å². The topological polar surface area (TPSA) is 172 Å². The maximum Gasteiger partial charge on any atom is 0.407 e. The number of nitrogens with one attached hydrogen (secondary N) is 1. The lowest BCUT2D eigenvalue weighted by atomic mass is 9.96. The van der Waals surface area contributed by atoms with Gasteiger partial charge in [0.15, 0.2) is 0 Å². The van der Waals surface area contributed by atoms with Crippen LogP contribution in [0.15, 0.2) is 18.2 Å². The van der Waals surface area contributed by atoms with Gasteiger partial charge in [0.05, 0.1) is 24.6 Å². The second kappa shape index (κ2) is 13.5. The normalized spacial score (nSPS) is 13.7. The molecular formula is C24H39N3O9. The van der Waals surface area contributed by atoms with E-state index >= 15 is 0 Å². The van der Waals surface area contributed by atoms with E-state index in [9.17, 15) is 35.0 Å². The lowest BCUT2D eigenvalue weighted by molar-refractivity contribution is -0.384. The molecule has 0 aromatic heterocycles. The van der Waals surface area contributed by atoms with E-state index < -0.39 is 40.5 Å². The number of ether oxygens (including phenoxy) is 2. The highest BCUT2D eigenvalue weighted by Crippen LogP contribution is 2.27. The summed E-state index contributed by atoms with van der Waals surface area (Å²) in [6.45, 7) is 9.64. The van der Waals surface area contributed by atoms with Crippen LogP contribution < -0.4 is 5.32 Å². The molecule has 0 saturated carbocycles. The number of aliphatic hydroxyl groups excluding tert-OH is 3. The molecule has 0 saturated heterocycles. The molecule has 0 heterocycles. The Morgan fingerprint density at radius 1 is 1.06 bits per heavy atom. The first-order chi connectivity index (χ1) is 16.6. The van der Waals surface area contributed by atoms with Crippen molar-refractivity contribution in [2.75, 3.05) is 26.3 Å². The first-order valence-electron chi connectivity index (χ1n) is 11.7. The van der Waals surface area contributed by atoms with Crippen molar-refractivity contribution in [3.8, 4) is 0 Å². The first-order valence-corrected chi connectivity index (χ1v) is 11.7. The van der Waals surface area contributed by atoms with Gasteiger partial charge in [0, 0.05) is 31.3 Å². The van der Waals surface area contributed by atoms with Gasteiger partial charge in [0.25, 0.3) is 5.69 Å². The van der Waals surface area contributed by atoms with E-state index in [-0.39, 0.29) is 50.4 Å². The van der Waals surface area contributed by atoms with Gasteiger partial charge in [0.1, 0.15) is 17.4 Å². The van der Waals surface area contributed by atoms with Gasteiger partial charge in [-0.3, -0.25) is 19.8 Å². The summed E-state index contributed by atoms with van der Waals surface area (Å²) >= 11 is 0. The van der Waals surface area contributed by atoms with E-state index in [1.54, 1.807) is 41.5 Å².